The Labute approximate surface area is 128 Å². The summed E-state index contributed by atoms with van der Waals surface area (Å²) in [5.74, 6) is 0. The Bertz CT molecular complexity index is 528. The molecule has 2 aromatic rings. The SMILES string of the molecule is CCC(Cc1ccccc1)Nc1cccc(Cl)c1Br. The monoisotopic (exact) mass is 337 g/mol. The molecule has 3 heteroatoms. The summed E-state index contributed by atoms with van der Waals surface area (Å²) in [5, 5.41) is 4.29. The molecular formula is C16H17BrClN. The zero-order chi connectivity index (χ0) is 13.7. The molecule has 1 atom stereocenters. The molecule has 1 nitrogen and oxygen atoms in total. The number of benzene rings is 2. The van der Waals surface area contributed by atoms with Gasteiger partial charge in [0.25, 0.3) is 0 Å². The van der Waals surface area contributed by atoms with Gasteiger partial charge in [0.2, 0.25) is 0 Å². The van der Waals surface area contributed by atoms with E-state index >= 15 is 0 Å². The van der Waals surface area contributed by atoms with E-state index in [1.165, 1.54) is 5.56 Å². The van der Waals surface area contributed by atoms with Crippen LogP contribution in [0.4, 0.5) is 5.69 Å². The van der Waals surface area contributed by atoms with Crippen LogP contribution in [0.5, 0.6) is 0 Å². The van der Waals surface area contributed by atoms with Crippen molar-refractivity contribution >= 4 is 33.2 Å². The fourth-order valence-corrected chi connectivity index (χ4v) is 2.58. The molecule has 0 saturated carbocycles. The van der Waals surface area contributed by atoms with Crippen molar-refractivity contribution in [1.29, 1.82) is 0 Å². The van der Waals surface area contributed by atoms with E-state index in [1.807, 2.05) is 24.3 Å². The minimum atomic E-state index is 0.400. The van der Waals surface area contributed by atoms with Gasteiger partial charge in [-0.25, -0.2) is 0 Å². The maximum absolute atomic E-state index is 6.11. The third kappa shape index (κ3) is 3.99. The van der Waals surface area contributed by atoms with Crippen molar-refractivity contribution in [3.63, 3.8) is 0 Å². The molecule has 0 bridgehead atoms. The molecule has 19 heavy (non-hydrogen) atoms. The zero-order valence-electron chi connectivity index (χ0n) is 10.9. The van der Waals surface area contributed by atoms with Crippen molar-refractivity contribution in [2.45, 2.75) is 25.8 Å². The second kappa shape index (κ2) is 6.97. The van der Waals surface area contributed by atoms with Crippen LogP contribution < -0.4 is 5.32 Å². The van der Waals surface area contributed by atoms with Gasteiger partial charge in [-0.15, -0.1) is 0 Å². The molecule has 0 saturated heterocycles. The summed E-state index contributed by atoms with van der Waals surface area (Å²) in [6.45, 7) is 2.19. The van der Waals surface area contributed by atoms with E-state index in [9.17, 15) is 0 Å². The summed E-state index contributed by atoms with van der Waals surface area (Å²) < 4.78 is 0.933. The average Bonchev–Trinajstić information content (AvgIpc) is 2.44. The number of hydrogen-bond donors (Lipinski definition) is 1. The molecule has 0 aromatic heterocycles. The Morgan fingerprint density at radius 3 is 2.53 bits per heavy atom. The summed E-state index contributed by atoms with van der Waals surface area (Å²) in [6, 6.07) is 16.8. The Kier molecular flexibility index (Phi) is 5.29. The van der Waals surface area contributed by atoms with Crippen LogP contribution in [-0.2, 0) is 6.42 Å². The van der Waals surface area contributed by atoms with Gasteiger partial charge in [0.15, 0.2) is 0 Å². The van der Waals surface area contributed by atoms with Gasteiger partial charge in [-0.1, -0.05) is 54.9 Å². The minimum absolute atomic E-state index is 0.400. The van der Waals surface area contributed by atoms with Crippen molar-refractivity contribution in [3.05, 3.63) is 63.6 Å². The molecule has 0 amide bonds. The third-order valence-electron chi connectivity index (χ3n) is 3.13. The van der Waals surface area contributed by atoms with Gasteiger partial charge in [-0.2, -0.15) is 0 Å². The first-order valence-electron chi connectivity index (χ1n) is 6.45. The first-order chi connectivity index (χ1) is 9.20. The van der Waals surface area contributed by atoms with Gasteiger partial charge in [0, 0.05) is 6.04 Å². The number of halogens is 2. The lowest BCUT2D eigenvalue weighted by Gasteiger charge is -2.19. The zero-order valence-corrected chi connectivity index (χ0v) is 13.2. The molecule has 1 N–H and O–H groups in total. The number of anilines is 1. The maximum Gasteiger partial charge on any atom is 0.0593 e. The lowest BCUT2D eigenvalue weighted by atomic mass is 10.0. The topological polar surface area (TPSA) is 12.0 Å². The molecule has 0 radical (unpaired) electrons. The molecule has 0 aliphatic heterocycles. The molecule has 0 aliphatic carbocycles. The summed E-state index contributed by atoms with van der Waals surface area (Å²) in [7, 11) is 0. The van der Waals surface area contributed by atoms with E-state index in [1.54, 1.807) is 0 Å². The Morgan fingerprint density at radius 2 is 1.84 bits per heavy atom. The molecule has 1 unspecified atom stereocenters. The first-order valence-corrected chi connectivity index (χ1v) is 7.62. The normalized spacial score (nSPS) is 12.2. The van der Waals surface area contributed by atoms with Crippen molar-refractivity contribution in [1.82, 2.24) is 0 Å². The smallest absolute Gasteiger partial charge is 0.0593 e. The van der Waals surface area contributed by atoms with Crippen LogP contribution in [0.2, 0.25) is 5.02 Å². The molecule has 0 fully saturated rings. The van der Waals surface area contributed by atoms with Crippen molar-refractivity contribution in [2.75, 3.05) is 5.32 Å². The fourth-order valence-electron chi connectivity index (χ4n) is 2.03. The van der Waals surface area contributed by atoms with E-state index < -0.39 is 0 Å². The predicted octanol–water partition coefficient (Wildman–Crippen LogP) is 5.54. The van der Waals surface area contributed by atoms with Gasteiger partial charge < -0.3 is 5.32 Å². The lowest BCUT2D eigenvalue weighted by molar-refractivity contribution is 0.690. The number of nitrogens with one attached hydrogen (secondary N) is 1. The third-order valence-corrected chi connectivity index (χ3v) is 4.53. The van der Waals surface area contributed by atoms with Gasteiger partial charge in [-0.05, 0) is 46.5 Å². The standard InChI is InChI=1S/C16H17BrClN/c1-2-13(11-12-7-4-3-5-8-12)19-15-10-6-9-14(18)16(15)17/h3-10,13,19H,2,11H2,1H3. The Morgan fingerprint density at radius 1 is 1.11 bits per heavy atom. The highest BCUT2D eigenvalue weighted by Crippen LogP contribution is 2.31. The highest BCUT2D eigenvalue weighted by Gasteiger charge is 2.10. The second-order valence-corrected chi connectivity index (χ2v) is 5.74. The molecule has 0 heterocycles. The van der Waals surface area contributed by atoms with Gasteiger partial charge in [-0.3, -0.25) is 0 Å². The molecular weight excluding hydrogens is 322 g/mol. The van der Waals surface area contributed by atoms with Crippen molar-refractivity contribution in [2.24, 2.45) is 0 Å². The van der Waals surface area contributed by atoms with Crippen LogP contribution in [0.25, 0.3) is 0 Å². The average molecular weight is 339 g/mol. The van der Waals surface area contributed by atoms with Crippen LogP contribution in [0, 0.1) is 0 Å². The molecule has 0 aliphatic rings. The molecule has 100 valence electrons. The summed E-state index contributed by atoms with van der Waals surface area (Å²) in [5.41, 5.74) is 2.40. The van der Waals surface area contributed by atoms with Crippen LogP contribution in [-0.4, -0.2) is 6.04 Å². The number of rotatable bonds is 5. The number of hydrogen-bond acceptors (Lipinski definition) is 1. The highest BCUT2D eigenvalue weighted by atomic mass is 79.9. The van der Waals surface area contributed by atoms with Crippen LogP contribution in [0.3, 0.4) is 0 Å². The fraction of sp³-hybridized carbons (Fsp3) is 0.250. The van der Waals surface area contributed by atoms with Crippen LogP contribution >= 0.6 is 27.5 Å². The van der Waals surface area contributed by atoms with E-state index in [2.05, 4.69) is 52.4 Å². The predicted molar refractivity (Wildman–Crippen MR) is 87.0 cm³/mol. The van der Waals surface area contributed by atoms with E-state index in [0.29, 0.717) is 6.04 Å². The minimum Gasteiger partial charge on any atom is -0.381 e. The van der Waals surface area contributed by atoms with E-state index in [4.69, 9.17) is 11.6 Å². The second-order valence-electron chi connectivity index (χ2n) is 4.54. The molecule has 2 aromatic carbocycles. The summed E-state index contributed by atoms with van der Waals surface area (Å²) in [4.78, 5) is 0. The van der Waals surface area contributed by atoms with Gasteiger partial charge in [0.1, 0.15) is 0 Å². The Balaban J connectivity index is 2.09. The summed E-state index contributed by atoms with van der Waals surface area (Å²) in [6.07, 6.45) is 2.07. The van der Waals surface area contributed by atoms with E-state index in [-0.39, 0.29) is 0 Å². The van der Waals surface area contributed by atoms with Gasteiger partial charge in [0.05, 0.1) is 15.2 Å². The van der Waals surface area contributed by atoms with Crippen molar-refractivity contribution < 1.29 is 0 Å². The molecule has 2 rings (SSSR count). The van der Waals surface area contributed by atoms with Gasteiger partial charge >= 0.3 is 0 Å². The maximum atomic E-state index is 6.11. The lowest BCUT2D eigenvalue weighted by Crippen LogP contribution is -2.21. The van der Waals surface area contributed by atoms with E-state index in [0.717, 1.165) is 28.0 Å². The van der Waals surface area contributed by atoms with Crippen LogP contribution in [0.15, 0.2) is 53.0 Å². The largest absolute Gasteiger partial charge is 0.381 e. The first kappa shape index (κ1) is 14.4. The van der Waals surface area contributed by atoms with Crippen molar-refractivity contribution in [3.8, 4) is 0 Å². The molecule has 0 spiro atoms. The Hall–Kier alpha value is -0.990. The quantitative estimate of drug-likeness (QED) is 0.755. The summed E-state index contributed by atoms with van der Waals surface area (Å²) >= 11 is 9.64. The van der Waals surface area contributed by atoms with Crippen LogP contribution in [0.1, 0.15) is 18.9 Å². The highest BCUT2D eigenvalue weighted by molar-refractivity contribution is 9.10.